The molecule has 0 bridgehead atoms. The average molecular weight is 215 g/mol. The van der Waals surface area contributed by atoms with E-state index in [4.69, 9.17) is 14.8 Å². The van der Waals surface area contributed by atoms with E-state index in [0.29, 0.717) is 5.88 Å². The summed E-state index contributed by atoms with van der Waals surface area (Å²) in [5.41, 5.74) is 8.95. The quantitative estimate of drug-likeness (QED) is 0.674. The summed E-state index contributed by atoms with van der Waals surface area (Å²) in [7, 11) is 0. The van der Waals surface area contributed by atoms with E-state index < -0.39 is 0 Å². The molecule has 0 aliphatic rings. The van der Waals surface area contributed by atoms with Gasteiger partial charge in [-0.15, -0.1) is 0 Å². The largest absolute Gasteiger partial charge is 0.367 e. The summed E-state index contributed by atoms with van der Waals surface area (Å²) in [6.07, 6.45) is 1.59. The number of nitrogen functional groups attached to an aromatic ring is 1. The van der Waals surface area contributed by atoms with E-state index in [1.54, 1.807) is 6.20 Å². The second kappa shape index (κ2) is 3.10. The molecule has 1 aromatic carbocycles. The van der Waals surface area contributed by atoms with Crippen LogP contribution in [0.1, 0.15) is 5.69 Å². The summed E-state index contributed by atoms with van der Waals surface area (Å²) < 4.78 is 10.0. The van der Waals surface area contributed by atoms with Gasteiger partial charge in [0.05, 0.1) is 22.8 Å². The SMILES string of the molecule is Cc1noc2cccc(-c3cnoc3N)c12. The number of hydrogen-bond acceptors (Lipinski definition) is 5. The number of aromatic nitrogens is 2. The van der Waals surface area contributed by atoms with Crippen LogP contribution in [0.25, 0.3) is 22.1 Å². The van der Waals surface area contributed by atoms with E-state index in [1.165, 1.54) is 0 Å². The Morgan fingerprint density at radius 1 is 1.19 bits per heavy atom. The molecular weight excluding hydrogens is 206 g/mol. The van der Waals surface area contributed by atoms with Crippen LogP contribution in [-0.4, -0.2) is 10.3 Å². The van der Waals surface area contributed by atoms with E-state index in [-0.39, 0.29) is 0 Å². The third-order valence-corrected chi connectivity index (χ3v) is 2.56. The topological polar surface area (TPSA) is 78.1 Å². The van der Waals surface area contributed by atoms with Crippen molar-refractivity contribution in [3.63, 3.8) is 0 Å². The number of nitrogens with two attached hydrogens (primary N) is 1. The smallest absolute Gasteiger partial charge is 0.229 e. The lowest BCUT2D eigenvalue weighted by atomic mass is 10.0. The second-order valence-electron chi connectivity index (χ2n) is 3.55. The molecule has 2 heterocycles. The van der Waals surface area contributed by atoms with Gasteiger partial charge >= 0.3 is 0 Å². The average Bonchev–Trinajstić information content (AvgIpc) is 2.86. The molecule has 2 N–H and O–H groups in total. The minimum atomic E-state index is 0.299. The van der Waals surface area contributed by atoms with Crippen molar-refractivity contribution in [1.29, 1.82) is 0 Å². The summed E-state index contributed by atoms with van der Waals surface area (Å²) in [6, 6.07) is 5.69. The number of anilines is 1. The highest BCUT2D eigenvalue weighted by Gasteiger charge is 2.14. The molecule has 5 nitrogen and oxygen atoms in total. The minimum absolute atomic E-state index is 0.299. The Hall–Kier alpha value is -2.30. The molecule has 0 radical (unpaired) electrons. The molecule has 16 heavy (non-hydrogen) atoms. The Bertz CT molecular complexity index is 654. The zero-order valence-electron chi connectivity index (χ0n) is 8.60. The molecule has 0 unspecified atom stereocenters. The Morgan fingerprint density at radius 2 is 2.06 bits per heavy atom. The van der Waals surface area contributed by atoms with Crippen molar-refractivity contribution >= 4 is 16.9 Å². The van der Waals surface area contributed by atoms with Gasteiger partial charge in [0.15, 0.2) is 5.58 Å². The van der Waals surface area contributed by atoms with Crippen LogP contribution < -0.4 is 5.73 Å². The van der Waals surface area contributed by atoms with Crippen molar-refractivity contribution in [3.05, 3.63) is 30.1 Å². The van der Waals surface area contributed by atoms with E-state index in [1.807, 2.05) is 25.1 Å². The van der Waals surface area contributed by atoms with Gasteiger partial charge in [-0.3, -0.25) is 0 Å². The molecule has 3 aromatic rings. The van der Waals surface area contributed by atoms with Gasteiger partial charge in [0.2, 0.25) is 5.88 Å². The predicted molar refractivity (Wildman–Crippen MR) is 58.7 cm³/mol. The first-order chi connectivity index (χ1) is 7.77. The molecule has 3 rings (SSSR count). The molecule has 5 heteroatoms. The Labute approximate surface area is 90.8 Å². The number of hydrogen-bond donors (Lipinski definition) is 1. The van der Waals surface area contributed by atoms with Crippen LogP contribution in [-0.2, 0) is 0 Å². The Kier molecular flexibility index (Phi) is 1.73. The lowest BCUT2D eigenvalue weighted by Gasteiger charge is -1.99. The van der Waals surface area contributed by atoms with Crippen LogP contribution in [0.2, 0.25) is 0 Å². The van der Waals surface area contributed by atoms with Crippen LogP contribution >= 0.6 is 0 Å². The van der Waals surface area contributed by atoms with Crippen molar-refractivity contribution in [2.45, 2.75) is 6.92 Å². The molecule has 0 atom stereocenters. The molecule has 2 aromatic heterocycles. The van der Waals surface area contributed by atoms with Crippen LogP contribution in [0.5, 0.6) is 0 Å². The first kappa shape index (κ1) is 8.96. The van der Waals surface area contributed by atoms with Gasteiger partial charge < -0.3 is 14.8 Å². The first-order valence-electron chi connectivity index (χ1n) is 4.83. The summed E-state index contributed by atoms with van der Waals surface area (Å²) in [5, 5.41) is 8.54. The van der Waals surface area contributed by atoms with E-state index in [9.17, 15) is 0 Å². The van der Waals surface area contributed by atoms with Crippen molar-refractivity contribution in [2.24, 2.45) is 0 Å². The molecule has 0 aliphatic heterocycles. The Balaban J connectivity index is 2.39. The van der Waals surface area contributed by atoms with Crippen LogP contribution in [0.15, 0.2) is 33.4 Å². The monoisotopic (exact) mass is 215 g/mol. The van der Waals surface area contributed by atoms with Gasteiger partial charge in [0.1, 0.15) is 0 Å². The standard InChI is InChI=1S/C11H9N3O2/c1-6-10-7(8-5-13-16-11(8)12)3-2-4-9(10)15-14-6/h2-5H,12H2,1H3. The summed E-state index contributed by atoms with van der Waals surface area (Å²) in [5.74, 6) is 0.299. The van der Waals surface area contributed by atoms with Gasteiger partial charge in [-0.2, -0.15) is 0 Å². The maximum absolute atomic E-state index is 5.70. The molecule has 0 aliphatic carbocycles. The molecular formula is C11H9N3O2. The third kappa shape index (κ3) is 1.11. The molecule has 80 valence electrons. The second-order valence-corrected chi connectivity index (χ2v) is 3.55. The Morgan fingerprint density at radius 3 is 2.81 bits per heavy atom. The van der Waals surface area contributed by atoms with Gasteiger partial charge in [0, 0.05) is 5.56 Å². The fourth-order valence-corrected chi connectivity index (χ4v) is 1.82. The summed E-state index contributed by atoms with van der Waals surface area (Å²) >= 11 is 0. The minimum Gasteiger partial charge on any atom is -0.367 e. The highest BCUT2D eigenvalue weighted by atomic mass is 16.5. The van der Waals surface area contributed by atoms with Crippen molar-refractivity contribution < 1.29 is 9.05 Å². The van der Waals surface area contributed by atoms with E-state index >= 15 is 0 Å². The normalized spacial score (nSPS) is 11.1. The molecule has 0 saturated carbocycles. The van der Waals surface area contributed by atoms with Crippen LogP contribution in [0.3, 0.4) is 0 Å². The predicted octanol–water partition coefficient (Wildman–Crippen LogP) is 2.37. The maximum Gasteiger partial charge on any atom is 0.229 e. The molecule has 0 saturated heterocycles. The zero-order chi connectivity index (χ0) is 11.1. The fourth-order valence-electron chi connectivity index (χ4n) is 1.82. The van der Waals surface area contributed by atoms with Gasteiger partial charge in [0.25, 0.3) is 0 Å². The number of aryl methyl sites for hydroxylation is 1. The number of rotatable bonds is 1. The number of fused-ring (bicyclic) bond motifs is 1. The first-order valence-corrected chi connectivity index (χ1v) is 4.83. The van der Waals surface area contributed by atoms with Gasteiger partial charge in [-0.05, 0) is 13.0 Å². The molecule has 0 amide bonds. The maximum atomic E-state index is 5.70. The van der Waals surface area contributed by atoms with Crippen molar-refractivity contribution in [3.8, 4) is 11.1 Å². The van der Waals surface area contributed by atoms with Gasteiger partial charge in [-0.25, -0.2) is 0 Å². The highest BCUT2D eigenvalue weighted by molar-refractivity contribution is 5.97. The van der Waals surface area contributed by atoms with Crippen LogP contribution in [0, 0.1) is 6.92 Å². The van der Waals surface area contributed by atoms with Crippen molar-refractivity contribution in [2.75, 3.05) is 5.73 Å². The lowest BCUT2D eigenvalue weighted by Crippen LogP contribution is -1.86. The third-order valence-electron chi connectivity index (χ3n) is 2.56. The van der Waals surface area contributed by atoms with Crippen molar-refractivity contribution in [1.82, 2.24) is 10.3 Å². The fraction of sp³-hybridized carbons (Fsp3) is 0.0909. The van der Waals surface area contributed by atoms with E-state index in [2.05, 4.69) is 10.3 Å². The molecule has 0 spiro atoms. The van der Waals surface area contributed by atoms with Gasteiger partial charge in [-0.1, -0.05) is 22.4 Å². The number of benzene rings is 1. The lowest BCUT2D eigenvalue weighted by molar-refractivity contribution is 0.436. The van der Waals surface area contributed by atoms with E-state index in [0.717, 1.165) is 27.8 Å². The van der Waals surface area contributed by atoms with Crippen LogP contribution in [0.4, 0.5) is 5.88 Å². The summed E-state index contributed by atoms with van der Waals surface area (Å²) in [6.45, 7) is 1.89. The molecule has 0 fully saturated rings. The zero-order valence-corrected chi connectivity index (χ0v) is 8.60. The number of nitrogens with zero attached hydrogens (tertiary/aromatic N) is 2. The highest BCUT2D eigenvalue weighted by Crippen LogP contribution is 2.33. The summed E-state index contributed by atoms with van der Waals surface area (Å²) in [4.78, 5) is 0.